The first-order valence-corrected chi connectivity index (χ1v) is 9.38. The molecule has 1 aliphatic heterocycles. The van der Waals surface area contributed by atoms with Gasteiger partial charge in [0.1, 0.15) is 47.1 Å². The van der Waals surface area contributed by atoms with E-state index in [1.165, 1.54) is 36.4 Å². The van der Waals surface area contributed by atoms with Crippen LogP contribution in [-0.2, 0) is 4.74 Å². The van der Waals surface area contributed by atoms with Crippen molar-refractivity contribution >= 4 is 11.0 Å². The number of phenolic OH excluding ortho intramolecular Hbond substituents is 3. The van der Waals surface area contributed by atoms with Crippen molar-refractivity contribution in [3.63, 3.8) is 0 Å². The molecule has 0 aliphatic carbocycles. The van der Waals surface area contributed by atoms with Crippen molar-refractivity contribution in [2.75, 3.05) is 6.61 Å². The molecule has 10 nitrogen and oxygen atoms in total. The first kappa shape index (κ1) is 21.1. The van der Waals surface area contributed by atoms with Gasteiger partial charge >= 0.3 is 11.3 Å². The third-order valence-corrected chi connectivity index (χ3v) is 5.04. The van der Waals surface area contributed by atoms with Crippen LogP contribution in [0.2, 0.25) is 0 Å². The number of aliphatic hydroxyl groups excluding tert-OH is 4. The lowest BCUT2D eigenvalue weighted by atomic mass is 9.99. The zero-order chi connectivity index (χ0) is 22.3. The van der Waals surface area contributed by atoms with Gasteiger partial charge in [0.15, 0.2) is 0 Å². The average Bonchev–Trinajstić information content (AvgIpc) is 2.74. The molecule has 4 rings (SSSR count). The SMILES string of the molecule is OCC1O[C@H](Oc2cc3c(O)cc(O)cc3[o+]c2-c2ccc(O)cc2)C(O)C(O)[C@@H]1O. The van der Waals surface area contributed by atoms with E-state index in [4.69, 9.17) is 13.9 Å². The minimum atomic E-state index is -1.66. The highest BCUT2D eigenvalue weighted by Crippen LogP contribution is 2.40. The van der Waals surface area contributed by atoms with Crippen LogP contribution in [0, 0.1) is 0 Å². The molecular weight excluding hydrogens is 412 g/mol. The Hall–Kier alpha value is -3.15. The van der Waals surface area contributed by atoms with Crippen molar-refractivity contribution in [1.82, 2.24) is 0 Å². The summed E-state index contributed by atoms with van der Waals surface area (Å²) in [5, 5.41) is 69.4. The van der Waals surface area contributed by atoms with Gasteiger partial charge in [0, 0.05) is 12.1 Å². The molecule has 0 spiro atoms. The molecule has 3 unspecified atom stereocenters. The van der Waals surface area contributed by atoms with Gasteiger partial charge in [-0.05, 0) is 24.3 Å². The predicted molar refractivity (Wildman–Crippen MR) is 105 cm³/mol. The maximum Gasteiger partial charge on any atom is 0.402 e. The van der Waals surface area contributed by atoms with Crippen LogP contribution in [0.25, 0.3) is 22.3 Å². The van der Waals surface area contributed by atoms with Crippen LogP contribution in [0.3, 0.4) is 0 Å². The Bertz CT molecular complexity index is 1080. The van der Waals surface area contributed by atoms with E-state index in [-0.39, 0.29) is 39.7 Å². The van der Waals surface area contributed by atoms with Crippen molar-refractivity contribution in [2.24, 2.45) is 0 Å². The zero-order valence-electron chi connectivity index (χ0n) is 16.0. The minimum absolute atomic E-state index is 0.0104. The van der Waals surface area contributed by atoms with E-state index in [0.29, 0.717) is 5.56 Å². The van der Waals surface area contributed by atoms with Gasteiger partial charge < -0.3 is 45.2 Å². The van der Waals surface area contributed by atoms with Crippen LogP contribution in [0.5, 0.6) is 23.0 Å². The average molecular weight is 433 g/mol. The van der Waals surface area contributed by atoms with Gasteiger partial charge in [-0.1, -0.05) is 0 Å². The van der Waals surface area contributed by atoms with Crippen LogP contribution >= 0.6 is 0 Å². The highest BCUT2D eigenvalue weighted by atomic mass is 16.7. The molecule has 31 heavy (non-hydrogen) atoms. The summed E-state index contributed by atoms with van der Waals surface area (Å²) in [4.78, 5) is 0. The van der Waals surface area contributed by atoms with Gasteiger partial charge in [-0.15, -0.1) is 0 Å². The maximum absolute atomic E-state index is 10.3. The number of ether oxygens (including phenoxy) is 2. The van der Waals surface area contributed by atoms with E-state index >= 15 is 0 Å². The van der Waals surface area contributed by atoms with Crippen molar-refractivity contribution in [3.05, 3.63) is 42.5 Å². The van der Waals surface area contributed by atoms with Gasteiger partial charge in [-0.25, -0.2) is 4.42 Å². The molecule has 0 radical (unpaired) electrons. The lowest BCUT2D eigenvalue weighted by Crippen LogP contribution is -2.60. The lowest BCUT2D eigenvalue weighted by molar-refractivity contribution is -0.277. The molecule has 164 valence electrons. The summed E-state index contributed by atoms with van der Waals surface area (Å²) < 4.78 is 17.0. The highest BCUT2D eigenvalue weighted by molar-refractivity contribution is 5.88. The van der Waals surface area contributed by atoms with E-state index in [1.807, 2.05) is 0 Å². The topological polar surface area (TPSA) is 171 Å². The predicted octanol–water partition coefficient (Wildman–Crippen LogP) is 0.676. The molecule has 2 heterocycles. The Morgan fingerprint density at radius 1 is 0.871 bits per heavy atom. The van der Waals surface area contributed by atoms with Crippen LogP contribution < -0.4 is 4.74 Å². The summed E-state index contributed by atoms with van der Waals surface area (Å²) in [6, 6.07) is 9.66. The quantitative estimate of drug-likeness (QED) is 0.290. The molecule has 1 saturated heterocycles. The number of benzene rings is 2. The van der Waals surface area contributed by atoms with Gasteiger partial charge in [0.2, 0.25) is 12.0 Å². The van der Waals surface area contributed by atoms with E-state index in [2.05, 4.69) is 0 Å². The summed E-state index contributed by atoms with van der Waals surface area (Å²) in [7, 11) is 0. The molecule has 2 aromatic carbocycles. The normalized spacial score (nSPS) is 26.1. The van der Waals surface area contributed by atoms with Crippen molar-refractivity contribution in [3.8, 4) is 34.3 Å². The molecule has 7 N–H and O–H groups in total. The summed E-state index contributed by atoms with van der Waals surface area (Å²) in [6.45, 7) is -0.627. The summed E-state index contributed by atoms with van der Waals surface area (Å²) in [5.74, 6) is -0.420. The molecule has 0 bridgehead atoms. The molecule has 1 fully saturated rings. The third-order valence-electron chi connectivity index (χ3n) is 5.04. The van der Waals surface area contributed by atoms with E-state index < -0.39 is 37.3 Å². The Morgan fingerprint density at radius 2 is 1.58 bits per heavy atom. The van der Waals surface area contributed by atoms with Crippen molar-refractivity contribution in [2.45, 2.75) is 30.7 Å². The summed E-state index contributed by atoms with van der Waals surface area (Å²) in [6.07, 6.45) is -7.52. The molecular formula is C21H21O10+. The van der Waals surface area contributed by atoms with Crippen LogP contribution in [-0.4, -0.2) is 73.1 Å². The number of rotatable bonds is 4. The highest BCUT2D eigenvalue weighted by Gasteiger charge is 2.45. The van der Waals surface area contributed by atoms with Gasteiger partial charge in [0.05, 0.1) is 18.2 Å². The fourth-order valence-corrected chi connectivity index (χ4v) is 3.38. The van der Waals surface area contributed by atoms with Crippen molar-refractivity contribution < 1.29 is 49.6 Å². The van der Waals surface area contributed by atoms with Gasteiger partial charge in [-0.3, -0.25) is 0 Å². The molecule has 10 heteroatoms. The lowest BCUT2D eigenvalue weighted by Gasteiger charge is -2.39. The standard InChI is InChI=1S/C21H20O10/c22-8-16-17(26)18(27)19(28)21(31-16)30-15-7-12-13(25)5-11(24)6-14(12)29-20(15)9-1-3-10(23)4-2-9/h1-7,16-19,21-22,26-28H,8H2,(H2-,23,24,25)/p+1/t16?,17-,18?,19?,21+/m1/s1. The van der Waals surface area contributed by atoms with E-state index in [9.17, 15) is 35.7 Å². The number of hydrogen-bond acceptors (Lipinski definition) is 9. The second-order valence-electron chi connectivity index (χ2n) is 7.18. The zero-order valence-corrected chi connectivity index (χ0v) is 16.0. The molecule has 0 saturated carbocycles. The Labute approximate surface area is 175 Å². The Kier molecular flexibility index (Phi) is 5.56. The van der Waals surface area contributed by atoms with Crippen molar-refractivity contribution in [1.29, 1.82) is 0 Å². The number of aromatic hydroxyl groups is 3. The van der Waals surface area contributed by atoms with Crippen LogP contribution in [0.1, 0.15) is 0 Å². The van der Waals surface area contributed by atoms with Gasteiger partial charge in [0.25, 0.3) is 0 Å². The fourth-order valence-electron chi connectivity index (χ4n) is 3.38. The third kappa shape index (κ3) is 3.94. The fraction of sp³-hybridized carbons (Fsp3) is 0.286. The number of phenols is 3. The van der Waals surface area contributed by atoms with E-state index in [0.717, 1.165) is 6.07 Å². The number of fused-ring (bicyclic) bond motifs is 1. The van der Waals surface area contributed by atoms with E-state index in [1.54, 1.807) is 0 Å². The molecule has 5 atom stereocenters. The molecule has 1 aliphatic rings. The molecule has 1 aromatic heterocycles. The van der Waals surface area contributed by atoms with Crippen LogP contribution in [0.15, 0.2) is 46.9 Å². The Morgan fingerprint density at radius 3 is 2.26 bits per heavy atom. The van der Waals surface area contributed by atoms with Crippen LogP contribution in [0.4, 0.5) is 0 Å². The largest absolute Gasteiger partial charge is 0.508 e. The second-order valence-corrected chi connectivity index (χ2v) is 7.18. The Balaban J connectivity index is 1.81. The molecule has 0 amide bonds. The minimum Gasteiger partial charge on any atom is -0.508 e. The second kappa shape index (κ2) is 8.17. The molecule has 3 aromatic rings. The first-order valence-electron chi connectivity index (χ1n) is 9.38. The number of aliphatic hydroxyl groups is 4. The number of hydrogen-bond donors (Lipinski definition) is 7. The maximum atomic E-state index is 10.3. The summed E-state index contributed by atoms with van der Waals surface area (Å²) >= 11 is 0. The first-order chi connectivity index (χ1) is 14.8. The van der Waals surface area contributed by atoms with Gasteiger partial charge in [-0.2, -0.15) is 0 Å². The summed E-state index contributed by atoms with van der Waals surface area (Å²) in [5.41, 5.74) is 0.573. The smallest absolute Gasteiger partial charge is 0.402 e. The monoisotopic (exact) mass is 433 g/mol.